The maximum absolute atomic E-state index is 13.8. The molecule has 0 saturated carbocycles. The van der Waals surface area contributed by atoms with Gasteiger partial charge in [-0.1, -0.05) is 68.8 Å². The summed E-state index contributed by atoms with van der Waals surface area (Å²) in [5.41, 5.74) is 4.42. The number of carbonyl (C=O) groups is 1. The van der Waals surface area contributed by atoms with Crippen molar-refractivity contribution in [1.82, 2.24) is 4.90 Å². The van der Waals surface area contributed by atoms with Gasteiger partial charge >= 0.3 is 0 Å². The third kappa shape index (κ3) is 4.53. The van der Waals surface area contributed by atoms with Gasteiger partial charge in [0.25, 0.3) is 5.91 Å². The second-order valence-corrected chi connectivity index (χ2v) is 11.0. The van der Waals surface area contributed by atoms with Gasteiger partial charge in [0.2, 0.25) is 5.76 Å². The zero-order valence-corrected chi connectivity index (χ0v) is 22.5. The van der Waals surface area contributed by atoms with Gasteiger partial charge in [-0.2, -0.15) is 0 Å². The van der Waals surface area contributed by atoms with Crippen LogP contribution in [-0.4, -0.2) is 24.5 Å². The maximum Gasteiger partial charge on any atom is 0.290 e. The number of carbonyl (C=O) groups excluding carboxylic acids is 1. The fraction of sp³-hybridized carbons (Fsp3) is 0.290. The predicted molar refractivity (Wildman–Crippen MR) is 147 cm³/mol. The highest BCUT2D eigenvalue weighted by Gasteiger charge is 2.42. The zero-order valence-electron chi connectivity index (χ0n) is 21.7. The van der Waals surface area contributed by atoms with Gasteiger partial charge in [-0.05, 0) is 65.3 Å². The Labute approximate surface area is 221 Å². The van der Waals surface area contributed by atoms with Crippen molar-refractivity contribution in [2.24, 2.45) is 0 Å². The zero-order chi connectivity index (χ0) is 26.5. The standard InChI is InChI=1S/C31H30ClNO4/c1-18-16-25-23(17-24(18)32)28(34)26-27(20-8-10-21(11-9-20)31(2,3)4)33(30(35)29(26)37-25)15-14-19-6-12-22(36-5)13-7-19/h6-13,16-17,27H,14-15H2,1-5H3/t27-/m1/s1. The first kappa shape index (κ1) is 25.1. The van der Waals surface area contributed by atoms with Crippen molar-refractivity contribution in [3.8, 4) is 5.75 Å². The Hall–Kier alpha value is -3.57. The molecule has 0 N–H and O–H groups in total. The lowest BCUT2D eigenvalue weighted by Crippen LogP contribution is -2.31. The smallest absolute Gasteiger partial charge is 0.290 e. The molecule has 1 amide bonds. The molecule has 6 heteroatoms. The summed E-state index contributed by atoms with van der Waals surface area (Å²) in [4.78, 5) is 29.3. The molecule has 190 valence electrons. The van der Waals surface area contributed by atoms with E-state index in [0.717, 1.165) is 22.4 Å². The molecule has 5 nitrogen and oxygen atoms in total. The molecule has 0 spiro atoms. The summed E-state index contributed by atoms with van der Waals surface area (Å²) in [5.74, 6) is 0.611. The normalized spacial score (nSPS) is 15.4. The van der Waals surface area contributed by atoms with Crippen LogP contribution < -0.4 is 10.2 Å². The van der Waals surface area contributed by atoms with E-state index in [2.05, 4.69) is 32.9 Å². The minimum absolute atomic E-state index is 0.0141. The number of fused-ring (bicyclic) bond motifs is 2. The number of halogens is 1. The van der Waals surface area contributed by atoms with Crippen molar-refractivity contribution in [1.29, 1.82) is 0 Å². The van der Waals surface area contributed by atoms with E-state index >= 15 is 0 Å². The molecule has 0 aliphatic carbocycles. The highest BCUT2D eigenvalue weighted by molar-refractivity contribution is 6.32. The lowest BCUT2D eigenvalue weighted by atomic mass is 9.86. The minimum atomic E-state index is -0.546. The first-order chi connectivity index (χ1) is 17.6. The first-order valence-electron chi connectivity index (χ1n) is 12.4. The Morgan fingerprint density at radius 3 is 2.30 bits per heavy atom. The van der Waals surface area contributed by atoms with Crippen LogP contribution in [0.3, 0.4) is 0 Å². The van der Waals surface area contributed by atoms with Crippen molar-refractivity contribution >= 4 is 28.5 Å². The molecule has 37 heavy (non-hydrogen) atoms. The molecular formula is C31H30ClNO4. The molecule has 1 aliphatic heterocycles. The number of hydrogen-bond donors (Lipinski definition) is 0. The molecule has 0 bridgehead atoms. The van der Waals surface area contributed by atoms with Crippen LogP contribution in [0.5, 0.6) is 5.75 Å². The number of nitrogens with zero attached hydrogens (tertiary/aromatic N) is 1. The predicted octanol–water partition coefficient (Wildman–Crippen LogP) is 6.85. The number of methoxy groups -OCH3 is 1. The van der Waals surface area contributed by atoms with Gasteiger partial charge in [0.1, 0.15) is 11.3 Å². The van der Waals surface area contributed by atoms with Crippen molar-refractivity contribution in [2.75, 3.05) is 13.7 Å². The molecule has 1 atom stereocenters. The second kappa shape index (κ2) is 9.38. The lowest BCUT2D eigenvalue weighted by molar-refractivity contribution is 0.0730. The van der Waals surface area contributed by atoms with Crippen molar-refractivity contribution in [3.63, 3.8) is 0 Å². The minimum Gasteiger partial charge on any atom is -0.497 e. The van der Waals surface area contributed by atoms with E-state index < -0.39 is 6.04 Å². The molecule has 1 aliphatic rings. The summed E-state index contributed by atoms with van der Waals surface area (Å²) in [6, 6.07) is 18.8. The van der Waals surface area contributed by atoms with E-state index in [1.165, 1.54) is 5.56 Å². The third-order valence-corrected chi connectivity index (χ3v) is 7.55. The quantitative estimate of drug-likeness (QED) is 0.291. The van der Waals surface area contributed by atoms with E-state index in [0.29, 0.717) is 34.5 Å². The summed E-state index contributed by atoms with van der Waals surface area (Å²) >= 11 is 6.35. The van der Waals surface area contributed by atoms with E-state index in [-0.39, 0.29) is 22.5 Å². The van der Waals surface area contributed by atoms with Gasteiger partial charge in [-0.25, -0.2) is 0 Å². The largest absolute Gasteiger partial charge is 0.497 e. The SMILES string of the molecule is COc1ccc(CCN2C(=O)c3oc4cc(C)c(Cl)cc4c(=O)c3[C@H]2c2ccc(C(C)(C)C)cc2)cc1. The number of benzene rings is 3. The first-order valence-corrected chi connectivity index (χ1v) is 12.8. The molecule has 1 aromatic heterocycles. The summed E-state index contributed by atoms with van der Waals surface area (Å²) in [5, 5.41) is 0.877. The monoisotopic (exact) mass is 515 g/mol. The number of rotatable bonds is 5. The molecule has 0 saturated heterocycles. The van der Waals surface area contributed by atoms with Gasteiger partial charge < -0.3 is 14.1 Å². The molecule has 2 heterocycles. The van der Waals surface area contributed by atoms with Gasteiger partial charge in [0.15, 0.2) is 5.43 Å². The number of aryl methyl sites for hydroxylation is 1. The summed E-state index contributed by atoms with van der Waals surface area (Å²) in [6.45, 7) is 8.74. The topological polar surface area (TPSA) is 59.8 Å². The molecular weight excluding hydrogens is 486 g/mol. The number of ether oxygens (including phenoxy) is 1. The average Bonchev–Trinajstić information content (AvgIpc) is 3.15. The second-order valence-electron chi connectivity index (χ2n) is 10.6. The van der Waals surface area contributed by atoms with Crippen molar-refractivity contribution in [2.45, 2.75) is 45.6 Å². The third-order valence-electron chi connectivity index (χ3n) is 7.14. The Balaban J connectivity index is 1.61. The van der Waals surface area contributed by atoms with E-state index in [4.69, 9.17) is 20.8 Å². The van der Waals surface area contributed by atoms with Gasteiger partial charge in [-0.15, -0.1) is 0 Å². The highest BCUT2D eigenvalue weighted by Crippen LogP contribution is 2.39. The van der Waals surface area contributed by atoms with Crippen LogP contribution in [0.2, 0.25) is 5.02 Å². The maximum atomic E-state index is 13.8. The Kier molecular flexibility index (Phi) is 6.36. The van der Waals surface area contributed by atoms with Gasteiger partial charge in [0.05, 0.1) is 24.1 Å². The van der Waals surface area contributed by atoms with E-state index in [1.807, 2.05) is 43.3 Å². The molecule has 5 rings (SSSR count). The fourth-order valence-electron chi connectivity index (χ4n) is 4.93. The Bertz CT molecular complexity index is 1550. The van der Waals surface area contributed by atoms with E-state index in [9.17, 15) is 9.59 Å². The van der Waals surface area contributed by atoms with Crippen molar-refractivity contribution < 1.29 is 13.9 Å². The number of hydrogen-bond acceptors (Lipinski definition) is 4. The fourth-order valence-corrected chi connectivity index (χ4v) is 5.09. The van der Waals surface area contributed by atoms with E-state index in [1.54, 1.807) is 24.1 Å². The van der Waals surface area contributed by atoms with Crippen LogP contribution >= 0.6 is 11.6 Å². The Morgan fingerprint density at radius 2 is 1.68 bits per heavy atom. The van der Waals surface area contributed by atoms with Gasteiger partial charge in [-0.3, -0.25) is 9.59 Å². The van der Waals surface area contributed by atoms with Crippen molar-refractivity contribution in [3.05, 3.63) is 109 Å². The Morgan fingerprint density at radius 1 is 1.00 bits per heavy atom. The summed E-state index contributed by atoms with van der Waals surface area (Å²) < 4.78 is 11.4. The highest BCUT2D eigenvalue weighted by atomic mass is 35.5. The van der Waals surface area contributed by atoms with Crippen LogP contribution in [0.25, 0.3) is 11.0 Å². The van der Waals surface area contributed by atoms with Crippen LogP contribution in [-0.2, 0) is 11.8 Å². The summed E-state index contributed by atoms with van der Waals surface area (Å²) in [6.07, 6.45) is 0.624. The van der Waals surface area contributed by atoms with Gasteiger partial charge in [0, 0.05) is 11.6 Å². The molecule has 0 fully saturated rings. The van der Waals surface area contributed by atoms with Crippen LogP contribution in [0, 0.1) is 6.92 Å². The number of amides is 1. The summed E-state index contributed by atoms with van der Waals surface area (Å²) in [7, 11) is 1.63. The molecule has 4 aromatic rings. The van der Waals surface area contributed by atoms with Crippen LogP contribution in [0.1, 0.15) is 65.2 Å². The van der Waals surface area contributed by atoms with Crippen LogP contribution in [0.15, 0.2) is 69.9 Å². The van der Waals surface area contributed by atoms with Crippen LogP contribution in [0.4, 0.5) is 0 Å². The molecule has 3 aromatic carbocycles. The molecule has 0 radical (unpaired) electrons. The lowest BCUT2D eigenvalue weighted by Gasteiger charge is -2.26. The molecule has 0 unspecified atom stereocenters. The average molecular weight is 516 g/mol.